The van der Waals surface area contributed by atoms with E-state index in [1.807, 2.05) is 60.7 Å². The summed E-state index contributed by atoms with van der Waals surface area (Å²) in [6.45, 7) is 0. The second-order valence-corrected chi connectivity index (χ2v) is 14.0. The summed E-state index contributed by atoms with van der Waals surface area (Å²) in [6, 6.07) is 67.5. The lowest BCUT2D eigenvalue weighted by Gasteiger charge is -2.15. The molecule has 262 valence electrons. The average Bonchev–Trinajstić information content (AvgIpc) is 3.82. The maximum atomic E-state index is 6.66. The van der Waals surface area contributed by atoms with E-state index in [1.165, 1.54) is 21.9 Å². The molecule has 0 amide bonds. The molecule has 0 radical (unpaired) electrons. The summed E-state index contributed by atoms with van der Waals surface area (Å²) >= 11 is 0. The molecule has 8 aromatic carbocycles. The van der Waals surface area contributed by atoms with Crippen molar-refractivity contribution in [2.45, 2.75) is 0 Å². The smallest absolute Gasteiger partial charge is 0.164 e. The van der Waals surface area contributed by atoms with E-state index in [0.717, 1.165) is 66.5 Å². The zero-order chi connectivity index (χ0) is 37.0. The largest absolute Gasteiger partial charge is 0.456 e. The van der Waals surface area contributed by atoms with E-state index in [2.05, 4.69) is 138 Å². The van der Waals surface area contributed by atoms with Crippen LogP contribution in [0.5, 0.6) is 0 Å². The first-order valence-corrected chi connectivity index (χ1v) is 18.8. The summed E-state index contributed by atoms with van der Waals surface area (Å²) < 4.78 is 9.08. The molecule has 0 atom stereocenters. The lowest BCUT2D eigenvalue weighted by atomic mass is 9.97. The molecule has 0 saturated heterocycles. The minimum atomic E-state index is 0.590. The predicted molar refractivity (Wildman–Crippen MR) is 229 cm³/mol. The third kappa shape index (κ3) is 5.29. The molecule has 0 aliphatic rings. The fraction of sp³-hybridized carbons (Fsp3) is 0. The van der Waals surface area contributed by atoms with Crippen LogP contribution in [0.25, 0.3) is 106 Å². The van der Waals surface area contributed by atoms with Crippen LogP contribution in [0.15, 0.2) is 199 Å². The van der Waals surface area contributed by atoms with Crippen LogP contribution in [0.3, 0.4) is 0 Å². The van der Waals surface area contributed by atoms with Crippen LogP contribution in [0, 0.1) is 0 Å². The van der Waals surface area contributed by atoms with Crippen molar-refractivity contribution in [3.05, 3.63) is 194 Å². The minimum absolute atomic E-state index is 0.590. The molecule has 0 fully saturated rings. The summed E-state index contributed by atoms with van der Waals surface area (Å²) in [5.41, 5.74) is 12.3. The van der Waals surface area contributed by atoms with Crippen molar-refractivity contribution in [2.75, 3.05) is 0 Å². The van der Waals surface area contributed by atoms with Gasteiger partial charge in [0.2, 0.25) is 0 Å². The molecule has 3 heterocycles. The number of rotatable bonds is 6. The molecule has 0 unspecified atom stereocenters. The van der Waals surface area contributed by atoms with Crippen molar-refractivity contribution in [2.24, 2.45) is 0 Å². The number of hydrogen-bond acceptors (Lipinski definition) is 4. The SMILES string of the molecule is c1ccc(-c2ccc3c4ccccc4n(-c4ccccc4-c4cccc5oc6cc(-c7nc(-c8ccccc8)nc(-c8ccccc8)n7)ccc6c45)c3c2)cc1. The fourth-order valence-corrected chi connectivity index (χ4v) is 8.06. The standard InChI is InChI=1S/C51H32N4O/c1-4-15-33(16-5-1)36-27-29-40-38-21-10-12-24-43(38)55(45(40)31-36)44-25-13-11-22-39(44)41-23-14-26-46-48(41)42-30-28-37(32-47(42)56-46)51-53-49(34-17-6-2-7-18-34)52-50(54-51)35-19-8-3-9-20-35/h1-32H. The predicted octanol–water partition coefficient (Wildman–Crippen LogP) is 13.2. The Morgan fingerprint density at radius 3 is 1.62 bits per heavy atom. The van der Waals surface area contributed by atoms with Gasteiger partial charge in [0.25, 0.3) is 0 Å². The van der Waals surface area contributed by atoms with E-state index >= 15 is 0 Å². The van der Waals surface area contributed by atoms with Crippen LogP contribution in [-0.4, -0.2) is 19.5 Å². The number of aromatic nitrogens is 4. The highest BCUT2D eigenvalue weighted by molar-refractivity contribution is 6.15. The Labute approximate surface area is 322 Å². The molecule has 5 nitrogen and oxygen atoms in total. The van der Waals surface area contributed by atoms with Gasteiger partial charge < -0.3 is 8.98 Å². The van der Waals surface area contributed by atoms with Crippen LogP contribution in [0.1, 0.15) is 0 Å². The quantitative estimate of drug-likeness (QED) is 0.172. The number of benzene rings is 8. The Morgan fingerprint density at radius 2 is 0.893 bits per heavy atom. The maximum Gasteiger partial charge on any atom is 0.164 e. The van der Waals surface area contributed by atoms with Crippen molar-refractivity contribution in [1.29, 1.82) is 0 Å². The summed E-state index contributed by atoms with van der Waals surface area (Å²) in [4.78, 5) is 14.8. The number of para-hydroxylation sites is 2. The van der Waals surface area contributed by atoms with Gasteiger partial charge in [0.1, 0.15) is 11.2 Å². The molecule has 56 heavy (non-hydrogen) atoms. The van der Waals surface area contributed by atoms with Crippen molar-refractivity contribution in [3.63, 3.8) is 0 Å². The molecule has 0 aliphatic carbocycles. The summed E-state index contributed by atoms with van der Waals surface area (Å²) in [5, 5.41) is 4.54. The van der Waals surface area contributed by atoms with Gasteiger partial charge in [-0.25, -0.2) is 15.0 Å². The summed E-state index contributed by atoms with van der Waals surface area (Å²) in [5.74, 6) is 1.84. The number of nitrogens with zero attached hydrogens (tertiary/aromatic N) is 4. The second-order valence-electron chi connectivity index (χ2n) is 14.0. The summed E-state index contributed by atoms with van der Waals surface area (Å²) in [6.07, 6.45) is 0. The van der Waals surface area contributed by atoms with Crippen LogP contribution < -0.4 is 0 Å². The molecule has 5 heteroatoms. The van der Waals surface area contributed by atoms with Crippen molar-refractivity contribution in [3.8, 4) is 62.1 Å². The van der Waals surface area contributed by atoms with Crippen LogP contribution in [-0.2, 0) is 0 Å². The first-order valence-electron chi connectivity index (χ1n) is 18.8. The number of furan rings is 1. The third-order valence-electron chi connectivity index (χ3n) is 10.7. The van der Waals surface area contributed by atoms with Gasteiger partial charge in [0.05, 0.1) is 16.7 Å². The Hall–Kier alpha value is -7.63. The van der Waals surface area contributed by atoms with E-state index < -0.39 is 0 Å². The topological polar surface area (TPSA) is 56.7 Å². The number of hydrogen-bond donors (Lipinski definition) is 0. The van der Waals surface area contributed by atoms with Crippen LogP contribution >= 0.6 is 0 Å². The van der Waals surface area contributed by atoms with Gasteiger partial charge >= 0.3 is 0 Å². The third-order valence-corrected chi connectivity index (χ3v) is 10.7. The lowest BCUT2D eigenvalue weighted by molar-refractivity contribution is 0.669. The van der Waals surface area contributed by atoms with E-state index in [-0.39, 0.29) is 0 Å². The van der Waals surface area contributed by atoms with Gasteiger partial charge in [-0.1, -0.05) is 158 Å². The monoisotopic (exact) mass is 716 g/mol. The fourth-order valence-electron chi connectivity index (χ4n) is 8.06. The Balaban J connectivity index is 1.09. The van der Waals surface area contributed by atoms with Gasteiger partial charge in [-0.15, -0.1) is 0 Å². The van der Waals surface area contributed by atoms with Gasteiger partial charge in [0.15, 0.2) is 17.5 Å². The molecule has 0 N–H and O–H groups in total. The van der Waals surface area contributed by atoms with Crippen LogP contribution in [0.4, 0.5) is 0 Å². The van der Waals surface area contributed by atoms with E-state index in [4.69, 9.17) is 19.4 Å². The minimum Gasteiger partial charge on any atom is -0.456 e. The van der Waals surface area contributed by atoms with E-state index in [1.54, 1.807) is 0 Å². The molecule has 0 bridgehead atoms. The molecular formula is C51H32N4O. The molecule has 11 rings (SSSR count). The molecule has 0 spiro atoms. The summed E-state index contributed by atoms with van der Waals surface area (Å²) in [7, 11) is 0. The first kappa shape index (κ1) is 31.9. The lowest BCUT2D eigenvalue weighted by Crippen LogP contribution is -2.00. The van der Waals surface area contributed by atoms with Crippen molar-refractivity contribution >= 4 is 43.7 Å². The highest BCUT2D eigenvalue weighted by Crippen LogP contribution is 2.42. The van der Waals surface area contributed by atoms with Crippen LogP contribution in [0.2, 0.25) is 0 Å². The first-order chi connectivity index (χ1) is 27.8. The Kier molecular flexibility index (Phi) is 7.42. The highest BCUT2D eigenvalue weighted by atomic mass is 16.3. The molecule has 3 aromatic heterocycles. The highest BCUT2D eigenvalue weighted by Gasteiger charge is 2.20. The Bertz CT molecular complexity index is 3180. The van der Waals surface area contributed by atoms with Gasteiger partial charge in [-0.3, -0.25) is 0 Å². The van der Waals surface area contributed by atoms with Gasteiger partial charge in [-0.05, 0) is 53.1 Å². The second kappa shape index (κ2) is 13.0. The Morgan fingerprint density at radius 1 is 0.339 bits per heavy atom. The normalized spacial score (nSPS) is 11.6. The molecule has 0 saturated carbocycles. The zero-order valence-electron chi connectivity index (χ0n) is 30.2. The van der Waals surface area contributed by atoms with E-state index in [0.29, 0.717) is 17.5 Å². The maximum absolute atomic E-state index is 6.66. The van der Waals surface area contributed by atoms with Gasteiger partial charge in [-0.2, -0.15) is 0 Å². The van der Waals surface area contributed by atoms with Crippen molar-refractivity contribution in [1.82, 2.24) is 19.5 Å². The average molecular weight is 717 g/mol. The van der Waals surface area contributed by atoms with E-state index in [9.17, 15) is 0 Å². The van der Waals surface area contributed by atoms with Gasteiger partial charge in [0, 0.05) is 43.8 Å². The molecular weight excluding hydrogens is 685 g/mol. The van der Waals surface area contributed by atoms with Crippen molar-refractivity contribution < 1.29 is 4.42 Å². The number of fused-ring (bicyclic) bond motifs is 6. The molecule has 0 aliphatic heterocycles. The molecule has 11 aromatic rings. The zero-order valence-corrected chi connectivity index (χ0v) is 30.2.